The zero-order chi connectivity index (χ0) is 24.6. The summed E-state index contributed by atoms with van der Waals surface area (Å²) in [4.78, 5) is 28.6. The normalized spacial score (nSPS) is 15.6. The van der Waals surface area contributed by atoms with E-state index in [1.807, 2.05) is 53.9 Å². The zero-order valence-corrected chi connectivity index (χ0v) is 20.4. The van der Waals surface area contributed by atoms with Gasteiger partial charge in [-0.2, -0.15) is 0 Å². The number of benzene rings is 2. The summed E-state index contributed by atoms with van der Waals surface area (Å²) in [5, 5.41) is 12.3. The molecule has 1 amide bonds. The summed E-state index contributed by atoms with van der Waals surface area (Å²) in [6, 6.07) is 18.4. The Morgan fingerprint density at radius 2 is 1.83 bits per heavy atom. The number of thiophene rings is 1. The number of nitrogens with zero attached hydrogens (tertiary/aromatic N) is 1. The molecule has 2 heterocycles. The smallest absolute Gasteiger partial charge is 0.237 e. The predicted octanol–water partition coefficient (Wildman–Crippen LogP) is 4.57. The van der Waals surface area contributed by atoms with Gasteiger partial charge in [0.05, 0.1) is 12.6 Å². The number of amides is 1. The number of ether oxygens (including phenoxy) is 1. The Balaban J connectivity index is 1.21. The largest absolute Gasteiger partial charge is 0.457 e. The van der Waals surface area contributed by atoms with E-state index < -0.39 is 0 Å². The van der Waals surface area contributed by atoms with Crippen molar-refractivity contribution in [2.45, 2.75) is 38.3 Å². The molecule has 0 spiro atoms. The highest BCUT2D eigenvalue weighted by Crippen LogP contribution is 2.23. The lowest BCUT2D eigenvalue weighted by Crippen LogP contribution is -2.43. The lowest BCUT2D eigenvalue weighted by atomic mass is 10.1. The van der Waals surface area contributed by atoms with Crippen LogP contribution in [0, 0.1) is 5.41 Å². The molecule has 8 heteroatoms. The van der Waals surface area contributed by atoms with Crippen LogP contribution in [-0.4, -0.2) is 41.6 Å². The average molecular weight is 491 g/mol. The second-order valence-electron chi connectivity index (χ2n) is 8.59. The van der Waals surface area contributed by atoms with Crippen LogP contribution in [0.25, 0.3) is 0 Å². The summed E-state index contributed by atoms with van der Waals surface area (Å²) >= 11 is 1.48. The highest BCUT2D eigenvalue weighted by molar-refractivity contribution is 7.10. The molecule has 1 unspecified atom stereocenters. The van der Waals surface area contributed by atoms with Crippen LogP contribution in [0.1, 0.15) is 46.5 Å². The van der Waals surface area contributed by atoms with E-state index in [4.69, 9.17) is 15.9 Å². The minimum atomic E-state index is -0.160. The van der Waals surface area contributed by atoms with Crippen molar-refractivity contribution in [2.24, 2.45) is 5.73 Å². The SMILES string of the molecule is N=C(N)c1csc(CNC(=O)C2CCCN2CCCC(=O)c2ccc(Oc3ccccc3)cc2)c1. The minimum absolute atomic E-state index is 0.0145. The molecular weight excluding hydrogens is 460 g/mol. The van der Waals surface area contributed by atoms with E-state index in [2.05, 4.69) is 10.2 Å². The number of nitrogens with two attached hydrogens (primary N) is 1. The number of Topliss-reactive ketones (excluding diaryl/α,β-unsaturated/α-hetero) is 1. The van der Waals surface area contributed by atoms with E-state index in [0.717, 1.165) is 30.0 Å². The minimum Gasteiger partial charge on any atom is -0.457 e. The molecule has 7 nitrogen and oxygen atoms in total. The molecule has 1 atom stereocenters. The number of nitrogens with one attached hydrogen (secondary N) is 2. The molecule has 1 aliphatic rings. The number of nitrogen functional groups attached to an aromatic ring is 1. The third-order valence-corrected chi connectivity index (χ3v) is 7.01. The van der Waals surface area contributed by atoms with Gasteiger partial charge in [-0.3, -0.25) is 19.9 Å². The zero-order valence-electron chi connectivity index (χ0n) is 19.5. The molecular formula is C27H30N4O3S. The molecule has 182 valence electrons. The van der Waals surface area contributed by atoms with Crippen molar-refractivity contribution in [1.82, 2.24) is 10.2 Å². The molecule has 1 aromatic heterocycles. The monoisotopic (exact) mass is 490 g/mol. The summed E-state index contributed by atoms with van der Waals surface area (Å²) < 4.78 is 5.79. The summed E-state index contributed by atoms with van der Waals surface area (Å²) in [6.45, 7) is 2.02. The number of likely N-dealkylation sites (tertiary alicyclic amines) is 1. The summed E-state index contributed by atoms with van der Waals surface area (Å²) in [5.74, 6) is 1.59. The van der Waals surface area contributed by atoms with E-state index in [1.165, 1.54) is 11.3 Å². The molecule has 35 heavy (non-hydrogen) atoms. The van der Waals surface area contributed by atoms with Gasteiger partial charge in [-0.25, -0.2) is 0 Å². The lowest BCUT2D eigenvalue weighted by Gasteiger charge is -2.23. The lowest BCUT2D eigenvalue weighted by molar-refractivity contribution is -0.125. The molecule has 4 N–H and O–H groups in total. The maximum absolute atomic E-state index is 12.8. The maximum Gasteiger partial charge on any atom is 0.237 e. The number of carbonyl (C=O) groups excluding carboxylic acids is 2. The first kappa shape index (κ1) is 24.6. The first-order valence-electron chi connectivity index (χ1n) is 11.8. The number of para-hydroxylation sites is 1. The van der Waals surface area contributed by atoms with Gasteiger partial charge in [0, 0.05) is 27.8 Å². The van der Waals surface area contributed by atoms with E-state index in [0.29, 0.717) is 42.8 Å². The van der Waals surface area contributed by atoms with E-state index >= 15 is 0 Å². The van der Waals surface area contributed by atoms with Crippen molar-refractivity contribution in [2.75, 3.05) is 13.1 Å². The first-order valence-corrected chi connectivity index (χ1v) is 12.7. The van der Waals surface area contributed by atoms with E-state index in [1.54, 1.807) is 12.1 Å². The van der Waals surface area contributed by atoms with Gasteiger partial charge in [-0.05, 0) is 74.8 Å². The Kier molecular flexibility index (Phi) is 8.28. The molecule has 1 fully saturated rings. The number of carbonyl (C=O) groups is 2. The van der Waals surface area contributed by atoms with Crippen LogP contribution < -0.4 is 15.8 Å². The maximum atomic E-state index is 12.8. The number of rotatable bonds is 11. The van der Waals surface area contributed by atoms with Crippen molar-refractivity contribution in [3.8, 4) is 11.5 Å². The van der Waals surface area contributed by atoms with Crippen molar-refractivity contribution in [3.63, 3.8) is 0 Å². The number of hydrogen-bond donors (Lipinski definition) is 3. The van der Waals surface area contributed by atoms with Crippen LogP contribution in [0.3, 0.4) is 0 Å². The fourth-order valence-electron chi connectivity index (χ4n) is 4.22. The predicted molar refractivity (Wildman–Crippen MR) is 138 cm³/mol. The van der Waals surface area contributed by atoms with E-state index in [9.17, 15) is 9.59 Å². The Labute approximate surface area is 209 Å². The van der Waals surface area contributed by atoms with Crippen LogP contribution >= 0.6 is 11.3 Å². The third-order valence-electron chi connectivity index (χ3n) is 6.07. The molecule has 0 bridgehead atoms. The summed E-state index contributed by atoms with van der Waals surface area (Å²) in [6.07, 6.45) is 2.94. The molecule has 0 radical (unpaired) electrons. The fraction of sp³-hybridized carbons (Fsp3) is 0.296. The molecule has 2 aromatic carbocycles. The van der Waals surface area contributed by atoms with Crippen LogP contribution in [0.5, 0.6) is 11.5 Å². The second kappa shape index (κ2) is 11.8. The van der Waals surface area contributed by atoms with E-state index in [-0.39, 0.29) is 23.6 Å². The van der Waals surface area contributed by atoms with Gasteiger partial charge in [0.2, 0.25) is 5.91 Å². The van der Waals surface area contributed by atoms with Gasteiger partial charge in [-0.15, -0.1) is 11.3 Å². The van der Waals surface area contributed by atoms with Crippen molar-refractivity contribution in [3.05, 3.63) is 82.0 Å². The molecule has 0 saturated carbocycles. The van der Waals surface area contributed by atoms with Gasteiger partial charge in [0.15, 0.2) is 5.78 Å². The van der Waals surface area contributed by atoms with Gasteiger partial charge in [0.25, 0.3) is 0 Å². The van der Waals surface area contributed by atoms with Gasteiger partial charge < -0.3 is 15.8 Å². The van der Waals surface area contributed by atoms with Crippen LogP contribution in [-0.2, 0) is 11.3 Å². The van der Waals surface area contributed by atoms with Crippen molar-refractivity contribution in [1.29, 1.82) is 5.41 Å². The Hall–Kier alpha value is -3.49. The highest BCUT2D eigenvalue weighted by Gasteiger charge is 2.30. The number of hydrogen-bond acceptors (Lipinski definition) is 6. The number of amidine groups is 1. The fourth-order valence-corrected chi connectivity index (χ4v) is 5.04. The standard InChI is InChI=1S/C27H30N4O3S/c28-26(29)20-16-23(35-18-20)17-30-27(33)24-8-4-14-31(24)15-5-9-25(32)19-10-12-22(13-11-19)34-21-6-2-1-3-7-21/h1-3,6-7,10-13,16,18,24H,4-5,8-9,14-15,17H2,(H3,28,29)(H,30,33). The topological polar surface area (TPSA) is 109 Å². The molecule has 1 aliphatic heterocycles. The summed E-state index contributed by atoms with van der Waals surface area (Å²) in [7, 11) is 0. The second-order valence-corrected chi connectivity index (χ2v) is 9.59. The first-order chi connectivity index (χ1) is 17.0. The van der Waals surface area contributed by atoms with Gasteiger partial charge >= 0.3 is 0 Å². The molecule has 4 rings (SSSR count). The molecule has 3 aromatic rings. The Morgan fingerprint density at radius 1 is 1.09 bits per heavy atom. The third kappa shape index (κ3) is 6.77. The van der Waals surface area contributed by atoms with Crippen molar-refractivity contribution >= 4 is 28.9 Å². The van der Waals surface area contributed by atoms with Crippen LogP contribution in [0.4, 0.5) is 0 Å². The number of ketones is 1. The average Bonchev–Trinajstić information content (AvgIpc) is 3.54. The van der Waals surface area contributed by atoms with Crippen LogP contribution in [0.15, 0.2) is 66.0 Å². The van der Waals surface area contributed by atoms with Crippen molar-refractivity contribution < 1.29 is 14.3 Å². The molecule has 1 saturated heterocycles. The Morgan fingerprint density at radius 3 is 2.54 bits per heavy atom. The molecule has 0 aliphatic carbocycles. The quantitative estimate of drug-likeness (QED) is 0.207. The Bertz CT molecular complexity index is 1160. The van der Waals surface area contributed by atoms with Crippen LogP contribution in [0.2, 0.25) is 0 Å². The summed E-state index contributed by atoms with van der Waals surface area (Å²) in [5.41, 5.74) is 6.86. The highest BCUT2D eigenvalue weighted by atomic mass is 32.1. The van der Waals surface area contributed by atoms with Gasteiger partial charge in [0.1, 0.15) is 17.3 Å². The van der Waals surface area contributed by atoms with Gasteiger partial charge in [-0.1, -0.05) is 18.2 Å².